The van der Waals surface area contributed by atoms with E-state index in [9.17, 15) is 4.79 Å². The monoisotopic (exact) mass is 491 g/mol. The first-order valence-corrected chi connectivity index (χ1v) is 14.1. The third kappa shape index (κ3) is 5.13. The van der Waals surface area contributed by atoms with E-state index in [0.717, 1.165) is 34.1 Å². The normalized spacial score (nSPS) is 13.1. The molecule has 0 atom stereocenters. The van der Waals surface area contributed by atoms with Gasteiger partial charge in [0.25, 0.3) is 0 Å². The molecule has 3 aromatic rings. The highest BCUT2D eigenvalue weighted by molar-refractivity contribution is 7.99. The molecule has 0 bridgehead atoms. The number of anilines is 1. The molecule has 0 spiro atoms. The van der Waals surface area contributed by atoms with Crippen LogP contribution in [0.4, 0.5) is 10.5 Å². The van der Waals surface area contributed by atoms with Gasteiger partial charge in [0.05, 0.1) is 5.69 Å². The maximum absolute atomic E-state index is 13.9. The van der Waals surface area contributed by atoms with Gasteiger partial charge in [-0.15, -0.1) is 23.5 Å². The molecule has 1 N–H and O–H groups in total. The van der Waals surface area contributed by atoms with Gasteiger partial charge in [-0.25, -0.2) is 9.78 Å². The fourth-order valence-corrected chi connectivity index (χ4v) is 6.28. The molecule has 1 aliphatic carbocycles. The molecular formula is C28H33N3OS2. The van der Waals surface area contributed by atoms with E-state index in [1.165, 1.54) is 33.4 Å². The van der Waals surface area contributed by atoms with Crippen molar-refractivity contribution >= 4 is 35.2 Å². The minimum Gasteiger partial charge on any atom is -0.317 e. The quantitative estimate of drug-likeness (QED) is 0.379. The summed E-state index contributed by atoms with van der Waals surface area (Å²) in [5, 5.41) is 4.12. The fourth-order valence-electron chi connectivity index (χ4n) is 4.97. The van der Waals surface area contributed by atoms with Gasteiger partial charge < -0.3 is 10.2 Å². The van der Waals surface area contributed by atoms with Crippen molar-refractivity contribution in [1.29, 1.82) is 0 Å². The molecule has 1 heterocycles. The second kappa shape index (κ2) is 10.4. The summed E-state index contributed by atoms with van der Waals surface area (Å²) in [6.07, 6.45) is 5.81. The van der Waals surface area contributed by atoms with Crippen molar-refractivity contribution in [2.24, 2.45) is 0 Å². The van der Waals surface area contributed by atoms with Crippen molar-refractivity contribution in [2.45, 2.75) is 63.0 Å². The largest absolute Gasteiger partial charge is 0.322 e. The molecule has 178 valence electrons. The molecule has 0 fully saturated rings. The topological polar surface area (TPSA) is 45.2 Å². The Balaban J connectivity index is 1.70. The van der Waals surface area contributed by atoms with Crippen LogP contribution < -0.4 is 5.32 Å². The highest BCUT2D eigenvalue weighted by atomic mass is 32.2. The minimum absolute atomic E-state index is 0.0616. The number of nitrogens with zero attached hydrogens (tertiary/aromatic N) is 2. The number of amides is 2. The molecule has 0 unspecified atom stereocenters. The average Bonchev–Trinajstić information content (AvgIpc) is 3.23. The lowest BCUT2D eigenvalue weighted by Gasteiger charge is -2.31. The molecule has 4 rings (SSSR count). The van der Waals surface area contributed by atoms with Crippen LogP contribution in [0.2, 0.25) is 0 Å². The molecule has 2 amide bonds. The Morgan fingerprint density at radius 2 is 1.62 bits per heavy atom. The summed E-state index contributed by atoms with van der Waals surface area (Å²) in [5.74, 6) is 0. The number of aryl methyl sites for hydroxylation is 4. The second-order valence-corrected chi connectivity index (χ2v) is 10.8. The van der Waals surface area contributed by atoms with Crippen LogP contribution in [0, 0.1) is 27.7 Å². The Bertz CT molecular complexity index is 1150. The van der Waals surface area contributed by atoms with Crippen molar-refractivity contribution in [3.63, 3.8) is 0 Å². The number of benzene rings is 2. The summed E-state index contributed by atoms with van der Waals surface area (Å²) in [7, 11) is 0. The number of aromatic nitrogens is 1. The van der Waals surface area contributed by atoms with Gasteiger partial charge in [-0.2, -0.15) is 0 Å². The number of rotatable bonds is 6. The molecular weight excluding hydrogens is 458 g/mol. The number of thioether (sulfide) groups is 2. The van der Waals surface area contributed by atoms with E-state index < -0.39 is 0 Å². The van der Waals surface area contributed by atoms with Crippen LogP contribution in [0.3, 0.4) is 0 Å². The molecule has 2 aromatic carbocycles. The zero-order chi connectivity index (χ0) is 24.4. The van der Waals surface area contributed by atoms with Crippen LogP contribution in [0.15, 0.2) is 52.4 Å². The molecule has 0 saturated heterocycles. The standard InChI is InChI=1S/C28H33N3OS2/c1-17-11-18(2)24(19(3)12-17)16-31(23-14-21-9-7-8-10-22(21)15-23)28(32)30-26-25(33-5)13-20(4)29-27(26)34-6/h7-13,23H,14-16H2,1-6H3,(H,30,32). The summed E-state index contributed by atoms with van der Waals surface area (Å²) >= 11 is 3.21. The zero-order valence-corrected chi connectivity index (χ0v) is 22.5. The number of pyridine rings is 1. The van der Waals surface area contributed by atoms with E-state index in [1.54, 1.807) is 23.5 Å². The molecule has 34 heavy (non-hydrogen) atoms. The lowest BCUT2D eigenvalue weighted by molar-refractivity contribution is 0.185. The Hall–Kier alpha value is -2.44. The SMILES string of the molecule is CSc1cc(C)nc(SC)c1NC(=O)N(Cc1c(C)cc(C)cc1C)C1Cc2ccccc2C1. The number of carbonyl (C=O) groups excluding carboxylic acids is 1. The first-order valence-electron chi connectivity index (χ1n) is 11.6. The Labute approximate surface area is 211 Å². The van der Waals surface area contributed by atoms with Crippen molar-refractivity contribution < 1.29 is 4.79 Å². The minimum atomic E-state index is -0.0616. The van der Waals surface area contributed by atoms with Crippen LogP contribution in [0.25, 0.3) is 0 Å². The summed E-state index contributed by atoms with van der Waals surface area (Å²) in [5.41, 5.74) is 9.41. The van der Waals surface area contributed by atoms with Gasteiger partial charge in [0, 0.05) is 23.2 Å². The van der Waals surface area contributed by atoms with E-state index >= 15 is 0 Å². The number of fused-ring (bicyclic) bond motifs is 1. The molecule has 6 heteroatoms. The average molecular weight is 492 g/mol. The Kier molecular flexibility index (Phi) is 7.58. The second-order valence-electron chi connectivity index (χ2n) is 9.12. The van der Waals surface area contributed by atoms with Crippen molar-refractivity contribution in [3.8, 4) is 0 Å². The van der Waals surface area contributed by atoms with E-state index in [2.05, 4.69) is 67.5 Å². The van der Waals surface area contributed by atoms with Gasteiger partial charge in [0.1, 0.15) is 5.03 Å². The molecule has 1 aliphatic rings. The Morgan fingerprint density at radius 1 is 1.00 bits per heavy atom. The highest BCUT2D eigenvalue weighted by Crippen LogP contribution is 2.35. The van der Waals surface area contributed by atoms with Crippen molar-refractivity contribution in [3.05, 3.63) is 81.5 Å². The van der Waals surface area contributed by atoms with Gasteiger partial charge in [-0.05, 0) is 86.9 Å². The highest BCUT2D eigenvalue weighted by Gasteiger charge is 2.31. The van der Waals surface area contributed by atoms with Gasteiger partial charge >= 0.3 is 6.03 Å². The molecule has 0 radical (unpaired) electrons. The van der Waals surface area contributed by atoms with Crippen LogP contribution in [0.1, 0.15) is 39.1 Å². The lowest BCUT2D eigenvalue weighted by Crippen LogP contribution is -2.43. The lowest BCUT2D eigenvalue weighted by atomic mass is 9.98. The summed E-state index contributed by atoms with van der Waals surface area (Å²) < 4.78 is 0. The molecule has 4 nitrogen and oxygen atoms in total. The first kappa shape index (κ1) is 24.7. The first-order chi connectivity index (χ1) is 16.3. The van der Waals surface area contributed by atoms with Gasteiger partial charge in [0.2, 0.25) is 0 Å². The zero-order valence-electron chi connectivity index (χ0n) is 20.9. The van der Waals surface area contributed by atoms with Crippen LogP contribution in [0.5, 0.6) is 0 Å². The number of hydrogen-bond donors (Lipinski definition) is 1. The number of hydrogen-bond acceptors (Lipinski definition) is 4. The number of urea groups is 1. The number of carbonyl (C=O) groups is 1. The van der Waals surface area contributed by atoms with Crippen LogP contribution in [-0.4, -0.2) is 34.5 Å². The van der Waals surface area contributed by atoms with E-state index in [-0.39, 0.29) is 12.1 Å². The third-order valence-corrected chi connectivity index (χ3v) is 8.07. The molecule has 1 aromatic heterocycles. The van der Waals surface area contributed by atoms with Crippen molar-refractivity contribution in [1.82, 2.24) is 9.88 Å². The summed E-state index contributed by atoms with van der Waals surface area (Å²) in [6, 6.07) is 15.1. The van der Waals surface area contributed by atoms with Crippen LogP contribution in [-0.2, 0) is 19.4 Å². The predicted molar refractivity (Wildman–Crippen MR) is 145 cm³/mol. The summed E-state index contributed by atoms with van der Waals surface area (Å²) in [4.78, 5) is 21.7. The molecule has 0 saturated carbocycles. The molecule has 0 aliphatic heterocycles. The third-order valence-electron chi connectivity index (χ3n) is 6.62. The maximum Gasteiger partial charge on any atom is 0.322 e. The smallest absolute Gasteiger partial charge is 0.317 e. The van der Waals surface area contributed by atoms with Crippen molar-refractivity contribution in [2.75, 3.05) is 17.8 Å². The van der Waals surface area contributed by atoms with Crippen LogP contribution >= 0.6 is 23.5 Å². The Morgan fingerprint density at radius 3 is 2.18 bits per heavy atom. The van der Waals surface area contributed by atoms with E-state index in [1.807, 2.05) is 30.4 Å². The number of nitrogens with one attached hydrogen (secondary N) is 1. The van der Waals surface area contributed by atoms with Gasteiger partial charge in [-0.1, -0.05) is 42.0 Å². The van der Waals surface area contributed by atoms with E-state index in [4.69, 9.17) is 0 Å². The summed E-state index contributed by atoms with van der Waals surface area (Å²) in [6.45, 7) is 9.01. The fraction of sp³-hybridized carbons (Fsp3) is 0.357. The van der Waals surface area contributed by atoms with Gasteiger partial charge in [-0.3, -0.25) is 0 Å². The van der Waals surface area contributed by atoms with Gasteiger partial charge in [0.15, 0.2) is 0 Å². The predicted octanol–water partition coefficient (Wildman–Crippen LogP) is 6.96. The maximum atomic E-state index is 13.9. The van der Waals surface area contributed by atoms with E-state index in [0.29, 0.717) is 6.54 Å².